The minimum Gasteiger partial charge on any atom is -0.497 e. The van der Waals surface area contributed by atoms with Crippen LogP contribution in [0.3, 0.4) is 0 Å². The van der Waals surface area contributed by atoms with Gasteiger partial charge in [-0.3, -0.25) is 9.69 Å². The van der Waals surface area contributed by atoms with Crippen molar-refractivity contribution in [1.82, 2.24) is 4.90 Å². The zero-order valence-electron chi connectivity index (χ0n) is 16.8. The van der Waals surface area contributed by atoms with Gasteiger partial charge in [-0.25, -0.2) is 0 Å². The Morgan fingerprint density at radius 3 is 2.86 bits per heavy atom. The molecule has 0 radical (unpaired) electrons. The summed E-state index contributed by atoms with van der Waals surface area (Å²) >= 11 is 0. The van der Waals surface area contributed by atoms with Crippen molar-refractivity contribution in [2.75, 3.05) is 32.2 Å². The Labute approximate surface area is 170 Å². The van der Waals surface area contributed by atoms with Gasteiger partial charge in [-0.15, -0.1) is 0 Å². The predicted molar refractivity (Wildman–Crippen MR) is 106 cm³/mol. The van der Waals surface area contributed by atoms with Crippen LogP contribution in [0.5, 0.6) is 11.5 Å². The Balaban J connectivity index is 1.51. The third-order valence-corrected chi connectivity index (χ3v) is 8.92. The van der Waals surface area contributed by atoms with Crippen molar-refractivity contribution < 1.29 is 19.0 Å². The van der Waals surface area contributed by atoms with E-state index in [1.807, 2.05) is 12.3 Å². The molecule has 1 aromatic rings. The molecule has 1 spiro atoms. The second kappa shape index (κ2) is 5.28. The summed E-state index contributed by atoms with van der Waals surface area (Å²) in [7, 11) is 3.36. The molecule has 1 amide bonds. The maximum atomic E-state index is 13.5. The largest absolute Gasteiger partial charge is 0.497 e. The van der Waals surface area contributed by atoms with Gasteiger partial charge in [0.1, 0.15) is 6.10 Å². The van der Waals surface area contributed by atoms with Crippen molar-refractivity contribution in [1.29, 1.82) is 0 Å². The number of rotatable bonds is 2. The van der Waals surface area contributed by atoms with Gasteiger partial charge in [-0.1, -0.05) is 0 Å². The lowest BCUT2D eigenvalue weighted by Crippen LogP contribution is -2.70. The van der Waals surface area contributed by atoms with E-state index < -0.39 is 0 Å². The maximum absolute atomic E-state index is 13.5. The number of hydrogen-bond donors (Lipinski definition) is 0. The van der Waals surface area contributed by atoms with Crippen LogP contribution < -0.4 is 14.4 Å². The van der Waals surface area contributed by atoms with Gasteiger partial charge in [0.15, 0.2) is 11.5 Å². The lowest BCUT2D eigenvalue weighted by Gasteiger charge is -2.59. The minimum absolute atomic E-state index is 0.00178. The molecule has 4 fully saturated rings. The third kappa shape index (κ3) is 1.73. The summed E-state index contributed by atoms with van der Waals surface area (Å²) < 4.78 is 17.5. The molecule has 1 saturated carbocycles. The third-order valence-electron chi connectivity index (χ3n) is 8.92. The summed E-state index contributed by atoms with van der Waals surface area (Å²) in [5, 5.41) is 0. The molecule has 1 aliphatic carbocycles. The number of carbonyl (C=O) groups is 1. The van der Waals surface area contributed by atoms with Gasteiger partial charge in [-0.2, -0.15) is 0 Å². The van der Waals surface area contributed by atoms with E-state index in [1.165, 1.54) is 12.0 Å². The van der Waals surface area contributed by atoms with Crippen LogP contribution in [0.4, 0.5) is 5.69 Å². The summed E-state index contributed by atoms with van der Waals surface area (Å²) in [4.78, 5) is 18.3. The molecule has 29 heavy (non-hydrogen) atoms. The summed E-state index contributed by atoms with van der Waals surface area (Å²) in [5.74, 6) is 3.15. The Hall–Kier alpha value is -2.21. The van der Waals surface area contributed by atoms with Gasteiger partial charge >= 0.3 is 0 Å². The molecular formula is C23H26N2O4. The van der Waals surface area contributed by atoms with Crippen LogP contribution in [-0.4, -0.2) is 56.3 Å². The highest BCUT2D eigenvalue weighted by atomic mass is 16.5. The molecule has 7 rings (SSSR count). The van der Waals surface area contributed by atoms with Crippen LogP contribution >= 0.6 is 0 Å². The second-order valence-corrected chi connectivity index (χ2v) is 9.58. The van der Waals surface area contributed by atoms with Crippen LogP contribution in [0, 0.1) is 17.8 Å². The van der Waals surface area contributed by atoms with Gasteiger partial charge in [0.05, 0.1) is 38.6 Å². The van der Waals surface area contributed by atoms with Gasteiger partial charge in [0.2, 0.25) is 5.91 Å². The number of hydrogen-bond acceptors (Lipinski definition) is 5. The van der Waals surface area contributed by atoms with E-state index in [1.54, 1.807) is 14.2 Å². The Morgan fingerprint density at radius 2 is 2.03 bits per heavy atom. The number of carbonyl (C=O) groups excluding carboxylic acids is 1. The lowest BCUT2D eigenvalue weighted by molar-refractivity contribution is -0.132. The van der Waals surface area contributed by atoms with Crippen molar-refractivity contribution >= 4 is 11.6 Å². The fourth-order valence-electron chi connectivity index (χ4n) is 7.99. The van der Waals surface area contributed by atoms with Gasteiger partial charge in [-0.05, 0) is 48.9 Å². The van der Waals surface area contributed by atoms with Gasteiger partial charge < -0.3 is 19.1 Å². The average molecular weight is 394 g/mol. The Bertz CT molecular complexity index is 960. The molecule has 3 saturated heterocycles. The monoisotopic (exact) mass is 394 g/mol. The molecule has 5 aliphatic heterocycles. The van der Waals surface area contributed by atoms with Crippen molar-refractivity contribution in [3.05, 3.63) is 30.0 Å². The van der Waals surface area contributed by atoms with E-state index in [0.29, 0.717) is 36.0 Å². The zero-order chi connectivity index (χ0) is 19.5. The number of nitrogens with zero attached hydrogens (tertiary/aromatic N) is 2. The van der Waals surface area contributed by atoms with Crippen LogP contribution in [0.2, 0.25) is 0 Å². The molecule has 152 valence electrons. The quantitative estimate of drug-likeness (QED) is 0.771. The van der Waals surface area contributed by atoms with Crippen LogP contribution in [0.1, 0.15) is 24.8 Å². The fourth-order valence-corrected chi connectivity index (χ4v) is 7.99. The van der Waals surface area contributed by atoms with Crippen LogP contribution in [0.15, 0.2) is 24.5 Å². The van der Waals surface area contributed by atoms with E-state index in [4.69, 9.17) is 14.2 Å². The molecule has 1 aromatic carbocycles. The first-order valence-electron chi connectivity index (χ1n) is 10.8. The maximum Gasteiger partial charge on any atom is 0.231 e. The molecule has 6 aliphatic rings. The number of amides is 1. The van der Waals surface area contributed by atoms with E-state index in [2.05, 4.69) is 21.9 Å². The van der Waals surface area contributed by atoms with Crippen LogP contribution in [0.25, 0.3) is 0 Å². The highest BCUT2D eigenvalue weighted by Gasteiger charge is 2.71. The van der Waals surface area contributed by atoms with Crippen LogP contribution in [-0.2, 0) is 14.9 Å². The summed E-state index contributed by atoms with van der Waals surface area (Å²) in [6.07, 6.45) is 6.93. The molecular weight excluding hydrogens is 368 g/mol. The number of anilines is 1. The molecule has 0 unspecified atom stereocenters. The highest BCUT2D eigenvalue weighted by molar-refractivity contribution is 5.99. The predicted octanol–water partition coefficient (Wildman–Crippen LogP) is 2.31. The molecule has 5 heterocycles. The van der Waals surface area contributed by atoms with Crippen molar-refractivity contribution in [2.45, 2.75) is 42.9 Å². The summed E-state index contributed by atoms with van der Waals surface area (Å²) in [5.41, 5.74) is 2.30. The number of piperidine rings is 2. The fraction of sp³-hybridized carbons (Fsp3) is 0.609. The number of methoxy groups -OCH3 is 2. The highest BCUT2D eigenvalue weighted by Crippen LogP contribution is 2.66. The number of ether oxygens (including phenoxy) is 3. The second-order valence-electron chi connectivity index (χ2n) is 9.58. The van der Waals surface area contributed by atoms with E-state index in [-0.39, 0.29) is 23.5 Å². The zero-order valence-corrected chi connectivity index (χ0v) is 16.8. The lowest BCUT2D eigenvalue weighted by atomic mass is 9.52. The SMILES string of the molecule is COc1cc2c(cc1OC)[C@@]13CCN4C[C@H]5C=CO[C@@H]6CC(=O)N2[C@@H]1[C@H]6[C@H]5C[C@H]43. The topological polar surface area (TPSA) is 51.2 Å². The minimum atomic E-state index is -0.0248. The first-order valence-corrected chi connectivity index (χ1v) is 10.8. The molecule has 0 N–H and O–H groups in total. The molecule has 2 bridgehead atoms. The number of fused-ring (bicyclic) bond motifs is 2. The molecule has 6 heteroatoms. The first-order chi connectivity index (χ1) is 14.2. The van der Waals surface area contributed by atoms with Crippen molar-refractivity contribution in [3.63, 3.8) is 0 Å². The Morgan fingerprint density at radius 1 is 1.21 bits per heavy atom. The molecule has 6 nitrogen and oxygen atoms in total. The van der Waals surface area contributed by atoms with Gasteiger partial charge in [0, 0.05) is 30.0 Å². The molecule has 7 atom stereocenters. The normalized spacial score (nSPS) is 43.0. The number of benzene rings is 1. The smallest absolute Gasteiger partial charge is 0.231 e. The standard InChI is InChI=1S/C23H26N2O4/c1-27-16-8-14-15(9-17(16)28-2)25-20(26)10-18-21-13-7-19-23(14,22(21)25)4-5-24(19)11-12(13)3-6-29-18/h3,6,8-9,12-13,18-19,21-22H,4-5,7,10-11H2,1-2H3/t12-,13+,18-,19+,21+,22-,23-/m1/s1. The summed E-state index contributed by atoms with van der Waals surface area (Å²) in [6, 6.07) is 4.88. The average Bonchev–Trinajstić information content (AvgIpc) is 3.20. The van der Waals surface area contributed by atoms with Crippen molar-refractivity contribution in [2.24, 2.45) is 17.8 Å². The molecule has 0 aromatic heterocycles. The first kappa shape index (κ1) is 16.6. The van der Waals surface area contributed by atoms with Gasteiger partial charge in [0.25, 0.3) is 0 Å². The summed E-state index contributed by atoms with van der Waals surface area (Å²) in [6.45, 7) is 2.22. The van der Waals surface area contributed by atoms with Crippen molar-refractivity contribution in [3.8, 4) is 11.5 Å². The Kier molecular flexibility index (Phi) is 3.02. The van der Waals surface area contributed by atoms with E-state index >= 15 is 0 Å². The van der Waals surface area contributed by atoms with E-state index in [9.17, 15) is 4.79 Å². The van der Waals surface area contributed by atoms with E-state index in [0.717, 1.165) is 30.9 Å².